The molecule has 0 aromatic heterocycles. The van der Waals surface area contributed by atoms with Gasteiger partial charge in [0.25, 0.3) is 5.92 Å². The molecular formula is C12H16F2N2. The molecule has 0 spiro atoms. The molecule has 16 heavy (non-hydrogen) atoms. The van der Waals surface area contributed by atoms with Crippen molar-refractivity contribution in [2.45, 2.75) is 5.92 Å². The van der Waals surface area contributed by atoms with Crippen LogP contribution in [0.2, 0.25) is 0 Å². The van der Waals surface area contributed by atoms with Crippen LogP contribution < -0.4 is 5.73 Å². The fourth-order valence-corrected chi connectivity index (χ4v) is 2.01. The van der Waals surface area contributed by atoms with Gasteiger partial charge in [-0.1, -0.05) is 30.3 Å². The van der Waals surface area contributed by atoms with Gasteiger partial charge in [0.2, 0.25) is 0 Å². The maximum absolute atomic E-state index is 13.8. The lowest BCUT2D eigenvalue weighted by atomic mass is 9.98. The monoisotopic (exact) mass is 226 g/mol. The first-order chi connectivity index (χ1) is 7.62. The van der Waals surface area contributed by atoms with Crippen LogP contribution in [-0.2, 0) is 5.92 Å². The summed E-state index contributed by atoms with van der Waals surface area (Å²) in [6.07, 6.45) is 0. The van der Waals surface area contributed by atoms with E-state index in [-0.39, 0.29) is 12.1 Å². The van der Waals surface area contributed by atoms with Crippen LogP contribution in [0.1, 0.15) is 5.56 Å². The SMILES string of the molecule is NCC1CN(CC(F)(F)c2ccccc2)C1. The van der Waals surface area contributed by atoms with Crippen molar-refractivity contribution in [3.63, 3.8) is 0 Å². The summed E-state index contributed by atoms with van der Waals surface area (Å²) in [4.78, 5) is 1.75. The second-order valence-electron chi connectivity index (χ2n) is 4.37. The lowest BCUT2D eigenvalue weighted by Crippen LogP contribution is -2.53. The number of rotatable bonds is 4. The fraction of sp³-hybridized carbons (Fsp3) is 0.500. The molecule has 2 rings (SSSR count). The Hall–Kier alpha value is -1.00. The van der Waals surface area contributed by atoms with Crippen LogP contribution in [0.15, 0.2) is 30.3 Å². The van der Waals surface area contributed by atoms with Crippen molar-refractivity contribution in [3.8, 4) is 0 Å². The summed E-state index contributed by atoms with van der Waals surface area (Å²) in [6, 6.07) is 7.97. The third-order valence-electron chi connectivity index (χ3n) is 2.98. The molecule has 4 heteroatoms. The molecule has 0 unspecified atom stereocenters. The normalized spacial score (nSPS) is 18.4. The van der Waals surface area contributed by atoms with Crippen LogP contribution in [-0.4, -0.2) is 31.1 Å². The van der Waals surface area contributed by atoms with E-state index in [4.69, 9.17) is 5.73 Å². The molecule has 0 amide bonds. The summed E-state index contributed by atoms with van der Waals surface area (Å²) in [7, 11) is 0. The van der Waals surface area contributed by atoms with Gasteiger partial charge >= 0.3 is 0 Å². The third kappa shape index (κ3) is 2.39. The van der Waals surface area contributed by atoms with Gasteiger partial charge < -0.3 is 5.73 Å². The standard InChI is InChI=1S/C12H16F2N2/c13-12(14,11-4-2-1-3-5-11)9-16-7-10(6-15)8-16/h1-5,10H,6-9,15H2. The van der Waals surface area contributed by atoms with Gasteiger partial charge in [0, 0.05) is 18.7 Å². The van der Waals surface area contributed by atoms with Crippen LogP contribution >= 0.6 is 0 Å². The van der Waals surface area contributed by atoms with E-state index in [1.165, 1.54) is 12.1 Å². The van der Waals surface area contributed by atoms with E-state index >= 15 is 0 Å². The summed E-state index contributed by atoms with van der Waals surface area (Å²) < 4.78 is 27.6. The van der Waals surface area contributed by atoms with Gasteiger partial charge in [-0.15, -0.1) is 0 Å². The van der Waals surface area contributed by atoms with E-state index in [2.05, 4.69) is 0 Å². The molecule has 88 valence electrons. The maximum Gasteiger partial charge on any atom is 0.285 e. The Labute approximate surface area is 94.0 Å². The largest absolute Gasteiger partial charge is 0.330 e. The van der Waals surface area contributed by atoms with Crippen LogP contribution in [0.4, 0.5) is 8.78 Å². The van der Waals surface area contributed by atoms with Crippen molar-refractivity contribution in [1.82, 2.24) is 4.90 Å². The Morgan fingerprint density at radius 3 is 2.44 bits per heavy atom. The number of hydrogen-bond acceptors (Lipinski definition) is 2. The van der Waals surface area contributed by atoms with Gasteiger partial charge in [0.15, 0.2) is 0 Å². The van der Waals surface area contributed by atoms with Gasteiger partial charge in [0.05, 0.1) is 6.54 Å². The first kappa shape index (κ1) is 11.5. The zero-order valence-corrected chi connectivity index (χ0v) is 9.07. The third-order valence-corrected chi connectivity index (χ3v) is 2.98. The van der Waals surface area contributed by atoms with Crippen molar-refractivity contribution >= 4 is 0 Å². The molecule has 1 saturated heterocycles. The molecule has 0 radical (unpaired) electrons. The predicted octanol–water partition coefficient (Wildman–Crippen LogP) is 1.67. The highest BCUT2D eigenvalue weighted by Crippen LogP contribution is 2.30. The Morgan fingerprint density at radius 1 is 1.25 bits per heavy atom. The maximum atomic E-state index is 13.8. The van der Waals surface area contributed by atoms with Gasteiger partial charge in [-0.05, 0) is 12.5 Å². The van der Waals surface area contributed by atoms with Gasteiger partial charge in [-0.3, -0.25) is 4.90 Å². The number of likely N-dealkylation sites (tertiary alicyclic amines) is 1. The summed E-state index contributed by atoms with van der Waals surface area (Å²) in [6.45, 7) is 1.78. The Kier molecular flexibility index (Phi) is 3.21. The number of nitrogens with zero attached hydrogens (tertiary/aromatic N) is 1. The molecule has 1 heterocycles. The number of hydrogen-bond donors (Lipinski definition) is 1. The summed E-state index contributed by atoms with van der Waals surface area (Å²) in [5.41, 5.74) is 5.55. The predicted molar refractivity (Wildman–Crippen MR) is 59.3 cm³/mol. The second kappa shape index (κ2) is 4.47. The van der Waals surface area contributed by atoms with Crippen LogP contribution in [0.3, 0.4) is 0 Å². The van der Waals surface area contributed by atoms with E-state index in [0.29, 0.717) is 25.6 Å². The Morgan fingerprint density at radius 2 is 1.88 bits per heavy atom. The fourth-order valence-electron chi connectivity index (χ4n) is 2.01. The molecule has 1 aromatic rings. The van der Waals surface area contributed by atoms with Crippen molar-refractivity contribution < 1.29 is 8.78 Å². The van der Waals surface area contributed by atoms with Crippen LogP contribution in [0.5, 0.6) is 0 Å². The van der Waals surface area contributed by atoms with E-state index in [9.17, 15) is 8.78 Å². The average Bonchev–Trinajstić information content (AvgIpc) is 2.24. The molecule has 2 nitrogen and oxygen atoms in total. The van der Waals surface area contributed by atoms with Gasteiger partial charge in [0.1, 0.15) is 0 Å². The molecule has 1 aliphatic rings. The molecule has 0 aliphatic carbocycles. The zero-order valence-electron chi connectivity index (χ0n) is 9.07. The van der Waals surface area contributed by atoms with Crippen molar-refractivity contribution in [3.05, 3.63) is 35.9 Å². The molecule has 0 saturated carbocycles. The first-order valence-corrected chi connectivity index (χ1v) is 5.47. The smallest absolute Gasteiger partial charge is 0.285 e. The highest BCUT2D eigenvalue weighted by atomic mass is 19.3. The molecule has 1 fully saturated rings. The van der Waals surface area contributed by atoms with Crippen molar-refractivity contribution in [2.24, 2.45) is 11.7 Å². The number of alkyl halides is 2. The molecule has 0 atom stereocenters. The minimum Gasteiger partial charge on any atom is -0.330 e. The minimum atomic E-state index is -2.76. The molecular weight excluding hydrogens is 210 g/mol. The minimum absolute atomic E-state index is 0.0891. The molecule has 1 aliphatic heterocycles. The number of benzene rings is 1. The summed E-state index contributed by atoms with van der Waals surface area (Å²) >= 11 is 0. The molecule has 0 bridgehead atoms. The van der Waals surface area contributed by atoms with Crippen LogP contribution in [0.25, 0.3) is 0 Å². The van der Waals surface area contributed by atoms with E-state index in [1.807, 2.05) is 0 Å². The Bertz CT molecular complexity index is 334. The van der Waals surface area contributed by atoms with E-state index in [1.54, 1.807) is 23.1 Å². The lowest BCUT2D eigenvalue weighted by molar-refractivity contribution is -0.0642. The van der Waals surface area contributed by atoms with Gasteiger partial charge in [-0.25, -0.2) is 0 Å². The summed E-state index contributed by atoms with van der Waals surface area (Å²) in [5, 5.41) is 0. The highest BCUT2D eigenvalue weighted by Gasteiger charge is 2.37. The zero-order chi connectivity index (χ0) is 11.6. The molecule has 1 aromatic carbocycles. The number of nitrogens with two attached hydrogens (primary N) is 1. The topological polar surface area (TPSA) is 29.3 Å². The first-order valence-electron chi connectivity index (χ1n) is 5.47. The van der Waals surface area contributed by atoms with Crippen molar-refractivity contribution in [2.75, 3.05) is 26.2 Å². The highest BCUT2D eigenvalue weighted by molar-refractivity contribution is 5.20. The second-order valence-corrected chi connectivity index (χ2v) is 4.37. The van der Waals surface area contributed by atoms with Crippen LogP contribution in [0, 0.1) is 5.92 Å². The molecule has 2 N–H and O–H groups in total. The Balaban J connectivity index is 1.94. The quantitative estimate of drug-likeness (QED) is 0.846. The van der Waals surface area contributed by atoms with E-state index < -0.39 is 5.92 Å². The van der Waals surface area contributed by atoms with E-state index in [0.717, 1.165) is 0 Å². The summed E-state index contributed by atoms with van der Waals surface area (Å²) in [5.74, 6) is -2.37. The van der Waals surface area contributed by atoms with Gasteiger partial charge in [-0.2, -0.15) is 8.78 Å². The van der Waals surface area contributed by atoms with Crippen molar-refractivity contribution in [1.29, 1.82) is 0 Å². The average molecular weight is 226 g/mol. The lowest BCUT2D eigenvalue weighted by Gasteiger charge is -2.40. The number of halogens is 2.